The summed E-state index contributed by atoms with van der Waals surface area (Å²) in [7, 11) is 1.62. The number of aromatic nitrogens is 1. The molecule has 1 amide bonds. The van der Waals surface area contributed by atoms with Gasteiger partial charge in [0.25, 0.3) is 5.56 Å². The topological polar surface area (TPSA) is 74.4 Å². The van der Waals surface area contributed by atoms with E-state index in [0.29, 0.717) is 24.9 Å². The van der Waals surface area contributed by atoms with Crippen LogP contribution in [0, 0.1) is 5.92 Å². The Morgan fingerprint density at radius 2 is 2.21 bits per heavy atom. The number of aromatic amines is 1. The zero-order chi connectivity index (χ0) is 19.9. The van der Waals surface area contributed by atoms with Gasteiger partial charge in [0.1, 0.15) is 5.75 Å². The summed E-state index contributed by atoms with van der Waals surface area (Å²) in [4.78, 5) is 29.7. The molecule has 1 atom stereocenters. The fourth-order valence-electron chi connectivity index (χ4n) is 3.90. The van der Waals surface area contributed by atoms with Crippen molar-refractivity contribution in [1.29, 1.82) is 0 Å². The number of carbonyl (C=O) groups excluding carboxylic acids is 1. The molecule has 1 saturated heterocycles. The van der Waals surface area contributed by atoms with Crippen molar-refractivity contribution in [3.05, 3.63) is 40.2 Å². The molecule has 0 aliphatic carbocycles. The second-order valence-corrected chi connectivity index (χ2v) is 7.83. The first-order chi connectivity index (χ1) is 13.5. The van der Waals surface area contributed by atoms with Crippen LogP contribution in [0.25, 0.3) is 10.9 Å². The van der Waals surface area contributed by atoms with Crippen molar-refractivity contribution >= 4 is 16.8 Å². The number of fused-ring (bicyclic) bond motifs is 1. The van der Waals surface area contributed by atoms with E-state index in [-0.39, 0.29) is 11.5 Å². The first kappa shape index (κ1) is 20.4. The number of nitrogens with zero attached hydrogens (tertiary/aromatic N) is 1. The number of H-pyrrole nitrogens is 1. The van der Waals surface area contributed by atoms with Gasteiger partial charge in [0.15, 0.2) is 0 Å². The highest BCUT2D eigenvalue weighted by atomic mass is 16.5. The van der Waals surface area contributed by atoms with Gasteiger partial charge in [-0.1, -0.05) is 6.92 Å². The molecule has 1 aliphatic heterocycles. The number of methoxy groups -OCH3 is 1. The molecule has 28 heavy (non-hydrogen) atoms. The number of pyridine rings is 1. The second kappa shape index (κ2) is 9.73. The molecule has 1 aromatic carbocycles. The Hall–Kier alpha value is -2.34. The van der Waals surface area contributed by atoms with E-state index in [1.807, 2.05) is 24.3 Å². The van der Waals surface area contributed by atoms with Gasteiger partial charge < -0.3 is 19.9 Å². The third kappa shape index (κ3) is 5.58. The number of aryl methyl sites for hydroxylation is 1. The largest absolute Gasteiger partial charge is 0.497 e. The maximum atomic E-state index is 12.2. The number of hydrogen-bond donors (Lipinski definition) is 2. The van der Waals surface area contributed by atoms with Gasteiger partial charge in [0.05, 0.1) is 7.11 Å². The molecule has 3 rings (SSSR count). The molecule has 152 valence electrons. The van der Waals surface area contributed by atoms with Crippen LogP contribution >= 0.6 is 0 Å². The van der Waals surface area contributed by atoms with Crippen molar-refractivity contribution in [2.75, 3.05) is 33.3 Å². The van der Waals surface area contributed by atoms with Crippen LogP contribution in [0.2, 0.25) is 0 Å². The van der Waals surface area contributed by atoms with Crippen molar-refractivity contribution in [3.63, 3.8) is 0 Å². The average molecular weight is 386 g/mol. The molecule has 0 saturated carbocycles. The number of likely N-dealkylation sites (tertiary alicyclic amines) is 1. The maximum absolute atomic E-state index is 12.2. The summed E-state index contributed by atoms with van der Waals surface area (Å²) in [5, 5.41) is 3.89. The van der Waals surface area contributed by atoms with Crippen LogP contribution < -0.4 is 15.6 Å². The van der Waals surface area contributed by atoms with Gasteiger partial charge in [-0.05, 0) is 69.0 Å². The Morgan fingerprint density at radius 1 is 1.36 bits per heavy atom. The molecule has 6 heteroatoms. The van der Waals surface area contributed by atoms with E-state index in [9.17, 15) is 9.59 Å². The summed E-state index contributed by atoms with van der Waals surface area (Å²) in [6.07, 6.45) is 4.32. The molecule has 0 spiro atoms. The van der Waals surface area contributed by atoms with E-state index in [0.717, 1.165) is 35.5 Å². The van der Waals surface area contributed by atoms with E-state index in [1.54, 1.807) is 7.11 Å². The van der Waals surface area contributed by atoms with Crippen LogP contribution in [0.4, 0.5) is 0 Å². The number of piperidine rings is 1. The lowest BCUT2D eigenvalue weighted by Gasteiger charge is -2.30. The monoisotopic (exact) mass is 385 g/mol. The van der Waals surface area contributed by atoms with Crippen LogP contribution in [0.5, 0.6) is 5.75 Å². The lowest BCUT2D eigenvalue weighted by Crippen LogP contribution is -2.36. The zero-order valence-electron chi connectivity index (χ0n) is 16.9. The Kier molecular flexibility index (Phi) is 7.09. The van der Waals surface area contributed by atoms with Crippen molar-refractivity contribution in [2.24, 2.45) is 5.92 Å². The van der Waals surface area contributed by atoms with Crippen molar-refractivity contribution in [3.8, 4) is 5.75 Å². The SMILES string of the molecule is COc1ccc2[nH]c(=O)c(CCC(=O)NCCCN3CCCC(C)C3)cc2c1. The minimum atomic E-state index is -0.135. The van der Waals surface area contributed by atoms with Crippen LogP contribution in [0.1, 0.15) is 38.2 Å². The predicted octanol–water partition coefficient (Wildman–Crippen LogP) is 2.71. The smallest absolute Gasteiger partial charge is 0.251 e. The summed E-state index contributed by atoms with van der Waals surface area (Å²) < 4.78 is 5.24. The zero-order valence-corrected chi connectivity index (χ0v) is 16.9. The number of carbonyl (C=O) groups is 1. The molecule has 2 aromatic rings. The van der Waals surface area contributed by atoms with Crippen molar-refractivity contribution in [2.45, 2.75) is 39.0 Å². The molecular weight excluding hydrogens is 354 g/mol. The first-order valence-electron chi connectivity index (χ1n) is 10.2. The number of rotatable bonds is 8. The Balaban J connectivity index is 1.45. The molecule has 1 unspecified atom stereocenters. The minimum absolute atomic E-state index is 0.00264. The summed E-state index contributed by atoms with van der Waals surface area (Å²) in [6.45, 7) is 6.38. The average Bonchev–Trinajstić information content (AvgIpc) is 2.69. The van der Waals surface area contributed by atoms with E-state index in [4.69, 9.17) is 4.74 Å². The molecule has 2 N–H and O–H groups in total. The van der Waals surface area contributed by atoms with Gasteiger partial charge in [-0.2, -0.15) is 0 Å². The predicted molar refractivity (Wildman–Crippen MR) is 112 cm³/mol. The van der Waals surface area contributed by atoms with Gasteiger partial charge in [-0.3, -0.25) is 9.59 Å². The van der Waals surface area contributed by atoms with Gasteiger partial charge in [0.2, 0.25) is 5.91 Å². The minimum Gasteiger partial charge on any atom is -0.497 e. The third-order valence-electron chi connectivity index (χ3n) is 5.46. The lowest BCUT2D eigenvalue weighted by molar-refractivity contribution is -0.121. The van der Waals surface area contributed by atoms with Crippen LogP contribution in [-0.2, 0) is 11.2 Å². The number of ether oxygens (including phenoxy) is 1. The summed E-state index contributed by atoms with van der Waals surface area (Å²) in [5.41, 5.74) is 1.26. The number of amides is 1. The quantitative estimate of drug-likeness (QED) is 0.685. The number of hydrogen-bond acceptors (Lipinski definition) is 4. The standard InChI is InChI=1S/C22H31N3O3/c1-16-5-3-11-25(15-16)12-4-10-23-21(26)9-6-17-13-18-14-19(28-2)7-8-20(18)24-22(17)27/h7-8,13-14,16H,3-6,9-12,15H2,1-2H3,(H,23,26)(H,24,27). The van der Waals surface area contributed by atoms with E-state index in [1.165, 1.54) is 25.9 Å². The molecule has 2 heterocycles. The van der Waals surface area contributed by atoms with E-state index < -0.39 is 0 Å². The molecule has 1 aliphatic rings. The molecule has 1 aromatic heterocycles. The summed E-state index contributed by atoms with van der Waals surface area (Å²) >= 11 is 0. The highest BCUT2D eigenvalue weighted by Crippen LogP contribution is 2.19. The van der Waals surface area contributed by atoms with Gasteiger partial charge in [-0.15, -0.1) is 0 Å². The molecule has 6 nitrogen and oxygen atoms in total. The number of benzene rings is 1. The fraction of sp³-hybridized carbons (Fsp3) is 0.545. The molecule has 0 bridgehead atoms. The van der Waals surface area contributed by atoms with E-state index >= 15 is 0 Å². The summed E-state index contributed by atoms with van der Waals surface area (Å²) in [5.74, 6) is 1.52. The van der Waals surface area contributed by atoms with Gasteiger partial charge >= 0.3 is 0 Å². The Labute approximate surface area is 166 Å². The van der Waals surface area contributed by atoms with Gasteiger partial charge in [-0.25, -0.2) is 0 Å². The highest BCUT2D eigenvalue weighted by Gasteiger charge is 2.15. The van der Waals surface area contributed by atoms with E-state index in [2.05, 4.69) is 22.1 Å². The van der Waals surface area contributed by atoms with Crippen LogP contribution in [-0.4, -0.2) is 49.1 Å². The molecule has 0 radical (unpaired) electrons. The lowest BCUT2D eigenvalue weighted by atomic mass is 10.0. The highest BCUT2D eigenvalue weighted by molar-refractivity contribution is 5.81. The Morgan fingerprint density at radius 3 is 3.00 bits per heavy atom. The Bertz CT molecular complexity index is 862. The fourth-order valence-corrected chi connectivity index (χ4v) is 3.90. The third-order valence-corrected chi connectivity index (χ3v) is 5.46. The number of nitrogens with one attached hydrogen (secondary N) is 2. The summed E-state index contributed by atoms with van der Waals surface area (Å²) in [6, 6.07) is 7.38. The van der Waals surface area contributed by atoms with Crippen LogP contribution in [0.3, 0.4) is 0 Å². The first-order valence-corrected chi connectivity index (χ1v) is 10.2. The molecular formula is C22H31N3O3. The van der Waals surface area contributed by atoms with Gasteiger partial charge in [0, 0.05) is 36.0 Å². The van der Waals surface area contributed by atoms with Crippen LogP contribution in [0.15, 0.2) is 29.1 Å². The second-order valence-electron chi connectivity index (χ2n) is 7.83. The maximum Gasteiger partial charge on any atom is 0.251 e. The van der Waals surface area contributed by atoms with Crippen molar-refractivity contribution < 1.29 is 9.53 Å². The normalized spacial score (nSPS) is 17.6. The van der Waals surface area contributed by atoms with Crippen molar-refractivity contribution in [1.82, 2.24) is 15.2 Å². The molecule has 1 fully saturated rings.